The molecule has 3 aromatic rings. The van der Waals surface area contributed by atoms with E-state index in [1.54, 1.807) is 24.3 Å². The van der Waals surface area contributed by atoms with Gasteiger partial charge in [0.05, 0.1) is 0 Å². The lowest BCUT2D eigenvalue weighted by Gasteiger charge is -2.11. The van der Waals surface area contributed by atoms with Gasteiger partial charge in [0.15, 0.2) is 17.3 Å². The monoisotopic (exact) mass is 329 g/mol. The first kappa shape index (κ1) is 15.7. The van der Waals surface area contributed by atoms with Crippen LogP contribution in [0.2, 0.25) is 0 Å². The molecule has 0 aliphatic rings. The first-order chi connectivity index (χ1) is 11.6. The standard InChI is InChI=1S/C17H10F3N3O/c18-12-6-5-10(9-13(12)19)11-3-1-2-4-14(11)23-17(24)15-16(20)22-8-7-21-15/h1-9H,(H,23,24). The lowest BCUT2D eigenvalue weighted by Crippen LogP contribution is -2.16. The van der Waals surface area contributed by atoms with Gasteiger partial charge in [-0.25, -0.2) is 18.7 Å². The summed E-state index contributed by atoms with van der Waals surface area (Å²) in [5.74, 6) is -3.77. The predicted octanol–water partition coefficient (Wildman–Crippen LogP) is 3.81. The normalized spacial score (nSPS) is 10.5. The maximum Gasteiger partial charge on any atom is 0.279 e. The predicted molar refractivity (Wildman–Crippen MR) is 81.7 cm³/mol. The molecule has 24 heavy (non-hydrogen) atoms. The van der Waals surface area contributed by atoms with E-state index in [1.165, 1.54) is 12.3 Å². The molecule has 2 aromatic carbocycles. The van der Waals surface area contributed by atoms with Crippen LogP contribution in [0.4, 0.5) is 18.9 Å². The molecule has 3 rings (SSSR count). The molecule has 4 nitrogen and oxygen atoms in total. The van der Waals surface area contributed by atoms with E-state index in [-0.39, 0.29) is 0 Å². The SMILES string of the molecule is O=C(Nc1ccccc1-c1ccc(F)c(F)c1)c1nccnc1F. The van der Waals surface area contributed by atoms with Gasteiger partial charge < -0.3 is 5.32 Å². The fourth-order valence-corrected chi connectivity index (χ4v) is 2.16. The van der Waals surface area contributed by atoms with Gasteiger partial charge in [0.25, 0.3) is 5.91 Å². The summed E-state index contributed by atoms with van der Waals surface area (Å²) in [5.41, 5.74) is 0.662. The summed E-state index contributed by atoms with van der Waals surface area (Å²) in [6.07, 6.45) is 2.32. The third-order valence-corrected chi connectivity index (χ3v) is 3.27. The van der Waals surface area contributed by atoms with E-state index in [2.05, 4.69) is 15.3 Å². The van der Waals surface area contributed by atoms with Crippen molar-refractivity contribution in [3.8, 4) is 11.1 Å². The fourth-order valence-electron chi connectivity index (χ4n) is 2.16. The molecule has 120 valence electrons. The first-order valence-electron chi connectivity index (χ1n) is 6.88. The molecule has 0 atom stereocenters. The van der Waals surface area contributed by atoms with E-state index in [4.69, 9.17) is 0 Å². The van der Waals surface area contributed by atoms with Crippen LogP contribution in [0.1, 0.15) is 10.5 Å². The summed E-state index contributed by atoms with van der Waals surface area (Å²) in [7, 11) is 0. The Morgan fingerprint density at radius 1 is 0.917 bits per heavy atom. The number of nitrogens with one attached hydrogen (secondary N) is 1. The van der Waals surface area contributed by atoms with Gasteiger partial charge in [-0.15, -0.1) is 0 Å². The lowest BCUT2D eigenvalue weighted by atomic mass is 10.0. The number of para-hydroxylation sites is 1. The number of amides is 1. The summed E-state index contributed by atoms with van der Waals surface area (Å²) in [6.45, 7) is 0. The molecule has 0 spiro atoms. The smallest absolute Gasteiger partial charge is 0.279 e. The van der Waals surface area contributed by atoms with Crippen LogP contribution in [0, 0.1) is 17.6 Å². The highest BCUT2D eigenvalue weighted by atomic mass is 19.2. The van der Waals surface area contributed by atoms with Crippen LogP contribution in [0.25, 0.3) is 11.1 Å². The lowest BCUT2D eigenvalue weighted by molar-refractivity contribution is 0.101. The van der Waals surface area contributed by atoms with Crippen molar-refractivity contribution < 1.29 is 18.0 Å². The van der Waals surface area contributed by atoms with Crippen LogP contribution >= 0.6 is 0 Å². The van der Waals surface area contributed by atoms with Crippen LogP contribution in [-0.4, -0.2) is 15.9 Å². The van der Waals surface area contributed by atoms with Crippen molar-refractivity contribution in [2.24, 2.45) is 0 Å². The molecule has 0 aliphatic heterocycles. The Balaban J connectivity index is 1.96. The molecule has 0 unspecified atom stereocenters. The Bertz CT molecular complexity index is 915. The molecular formula is C17H10F3N3O. The van der Waals surface area contributed by atoms with Crippen LogP contribution in [-0.2, 0) is 0 Å². The topological polar surface area (TPSA) is 54.9 Å². The zero-order chi connectivity index (χ0) is 17.1. The van der Waals surface area contributed by atoms with E-state index < -0.39 is 29.2 Å². The van der Waals surface area contributed by atoms with Crippen LogP contribution in [0.15, 0.2) is 54.9 Å². The van der Waals surface area contributed by atoms with Crippen LogP contribution in [0.3, 0.4) is 0 Å². The molecule has 1 amide bonds. The fraction of sp³-hybridized carbons (Fsp3) is 0. The first-order valence-corrected chi connectivity index (χ1v) is 6.88. The number of rotatable bonds is 3. The van der Waals surface area contributed by atoms with Gasteiger partial charge in [-0.05, 0) is 23.8 Å². The molecule has 7 heteroatoms. The molecule has 1 aromatic heterocycles. The Morgan fingerprint density at radius 2 is 1.67 bits per heavy atom. The summed E-state index contributed by atoms with van der Waals surface area (Å²) in [4.78, 5) is 19.2. The molecule has 1 N–H and O–H groups in total. The summed E-state index contributed by atoms with van der Waals surface area (Å²) < 4.78 is 40.1. The van der Waals surface area contributed by atoms with E-state index in [9.17, 15) is 18.0 Å². The second-order valence-electron chi connectivity index (χ2n) is 4.82. The van der Waals surface area contributed by atoms with Crippen LogP contribution < -0.4 is 5.32 Å². The average Bonchev–Trinajstić information content (AvgIpc) is 2.58. The minimum Gasteiger partial charge on any atom is -0.320 e. The molecule has 0 fully saturated rings. The maximum atomic E-state index is 13.5. The number of benzene rings is 2. The van der Waals surface area contributed by atoms with E-state index in [1.807, 2.05) is 0 Å². The highest BCUT2D eigenvalue weighted by Gasteiger charge is 2.16. The number of carbonyl (C=O) groups excluding carboxylic acids is 1. The number of nitrogens with zero attached hydrogens (tertiary/aromatic N) is 2. The Morgan fingerprint density at radius 3 is 2.42 bits per heavy atom. The third-order valence-electron chi connectivity index (χ3n) is 3.27. The minimum absolute atomic E-state index is 0.304. The highest BCUT2D eigenvalue weighted by molar-refractivity contribution is 6.05. The summed E-state index contributed by atoms with van der Waals surface area (Å²) >= 11 is 0. The van der Waals surface area contributed by atoms with Crippen molar-refractivity contribution in [2.45, 2.75) is 0 Å². The molecule has 1 heterocycles. The van der Waals surface area contributed by atoms with E-state index >= 15 is 0 Å². The van der Waals surface area contributed by atoms with Crippen molar-refractivity contribution in [3.63, 3.8) is 0 Å². The largest absolute Gasteiger partial charge is 0.320 e. The molecule has 0 aliphatic carbocycles. The second kappa shape index (κ2) is 6.49. The number of hydrogen-bond acceptors (Lipinski definition) is 3. The highest BCUT2D eigenvalue weighted by Crippen LogP contribution is 2.29. The molecule has 0 radical (unpaired) electrons. The molecular weight excluding hydrogens is 319 g/mol. The molecule has 0 bridgehead atoms. The minimum atomic E-state index is -1.01. The van der Waals surface area contributed by atoms with Crippen molar-refractivity contribution in [2.75, 3.05) is 5.32 Å². The second-order valence-corrected chi connectivity index (χ2v) is 4.82. The summed E-state index contributed by atoms with van der Waals surface area (Å²) in [6, 6.07) is 9.89. The quantitative estimate of drug-likeness (QED) is 0.795. The number of aromatic nitrogens is 2. The van der Waals surface area contributed by atoms with Gasteiger partial charge in [-0.2, -0.15) is 4.39 Å². The number of carbonyl (C=O) groups is 1. The van der Waals surface area contributed by atoms with Gasteiger partial charge in [-0.1, -0.05) is 24.3 Å². The average molecular weight is 329 g/mol. The molecule has 0 saturated heterocycles. The molecule has 0 saturated carbocycles. The Kier molecular flexibility index (Phi) is 4.24. The zero-order valence-electron chi connectivity index (χ0n) is 12.1. The number of hydrogen-bond donors (Lipinski definition) is 1. The number of halogens is 3. The van der Waals surface area contributed by atoms with Gasteiger partial charge in [0.2, 0.25) is 5.95 Å². The van der Waals surface area contributed by atoms with Crippen molar-refractivity contribution in [1.29, 1.82) is 0 Å². The van der Waals surface area contributed by atoms with Gasteiger partial charge in [0.1, 0.15) is 0 Å². The van der Waals surface area contributed by atoms with Gasteiger partial charge in [-0.3, -0.25) is 4.79 Å². The van der Waals surface area contributed by atoms with Crippen molar-refractivity contribution in [1.82, 2.24) is 9.97 Å². The van der Waals surface area contributed by atoms with Crippen LogP contribution in [0.5, 0.6) is 0 Å². The number of anilines is 1. The van der Waals surface area contributed by atoms with Gasteiger partial charge in [0, 0.05) is 23.6 Å². The Hall–Kier alpha value is -3.22. The zero-order valence-corrected chi connectivity index (χ0v) is 12.1. The van der Waals surface area contributed by atoms with E-state index in [0.717, 1.165) is 18.3 Å². The Labute approximate surface area is 135 Å². The maximum absolute atomic E-state index is 13.5. The van der Waals surface area contributed by atoms with Gasteiger partial charge >= 0.3 is 0 Å². The third kappa shape index (κ3) is 3.10. The summed E-state index contributed by atoms with van der Waals surface area (Å²) in [5, 5.41) is 2.50. The van der Waals surface area contributed by atoms with Crippen molar-refractivity contribution >= 4 is 11.6 Å². The van der Waals surface area contributed by atoms with Crippen molar-refractivity contribution in [3.05, 3.63) is 78.1 Å². The van der Waals surface area contributed by atoms with E-state index in [0.29, 0.717) is 16.8 Å².